The van der Waals surface area contributed by atoms with Gasteiger partial charge in [0.25, 0.3) is 5.91 Å². The van der Waals surface area contributed by atoms with Crippen molar-refractivity contribution >= 4 is 17.7 Å². The Hall–Kier alpha value is -2.70. The second-order valence-electron chi connectivity index (χ2n) is 7.12. The lowest BCUT2D eigenvalue weighted by Crippen LogP contribution is -2.44. The van der Waals surface area contributed by atoms with Crippen LogP contribution in [-0.2, 0) is 6.54 Å². The van der Waals surface area contributed by atoms with E-state index in [4.69, 9.17) is 0 Å². The Balaban J connectivity index is 1.33. The van der Waals surface area contributed by atoms with E-state index in [1.165, 1.54) is 11.8 Å². The van der Waals surface area contributed by atoms with E-state index in [-0.39, 0.29) is 11.9 Å². The van der Waals surface area contributed by atoms with Gasteiger partial charge in [-0.1, -0.05) is 36.0 Å². The Morgan fingerprint density at radius 2 is 1.72 bits per heavy atom. The smallest absolute Gasteiger partial charge is 0.254 e. The van der Waals surface area contributed by atoms with Crippen LogP contribution in [0.3, 0.4) is 0 Å². The number of likely N-dealkylation sites (tertiary alicyclic amines) is 1. The fourth-order valence-corrected chi connectivity index (χ4v) is 4.37. The molecule has 4 rings (SSSR count). The van der Waals surface area contributed by atoms with Crippen molar-refractivity contribution in [3.63, 3.8) is 0 Å². The second kappa shape index (κ2) is 9.67. The Bertz CT molecular complexity index is 928. The third kappa shape index (κ3) is 5.43. The van der Waals surface area contributed by atoms with Gasteiger partial charge in [-0.3, -0.25) is 14.7 Å². The molecule has 5 nitrogen and oxygen atoms in total. The average molecular weight is 405 g/mol. The molecule has 3 aromatic rings. The minimum Gasteiger partial charge on any atom is -0.349 e. The summed E-state index contributed by atoms with van der Waals surface area (Å²) in [6.45, 7) is 2.78. The minimum atomic E-state index is -0.0419. The van der Waals surface area contributed by atoms with Gasteiger partial charge in [0.15, 0.2) is 0 Å². The van der Waals surface area contributed by atoms with Gasteiger partial charge in [0.1, 0.15) is 5.03 Å². The normalized spacial score (nSPS) is 15.2. The molecule has 1 aromatic carbocycles. The molecule has 0 unspecified atom stereocenters. The van der Waals surface area contributed by atoms with E-state index in [2.05, 4.69) is 26.3 Å². The van der Waals surface area contributed by atoms with Crippen LogP contribution in [0.4, 0.5) is 0 Å². The van der Waals surface area contributed by atoms with Gasteiger partial charge < -0.3 is 5.32 Å². The van der Waals surface area contributed by atoms with Crippen molar-refractivity contribution in [1.82, 2.24) is 20.2 Å². The molecule has 0 radical (unpaired) electrons. The van der Waals surface area contributed by atoms with Crippen LogP contribution in [0.1, 0.15) is 28.9 Å². The first-order valence-electron chi connectivity index (χ1n) is 9.89. The largest absolute Gasteiger partial charge is 0.349 e. The molecule has 1 saturated heterocycles. The molecule has 6 heteroatoms. The summed E-state index contributed by atoms with van der Waals surface area (Å²) in [6, 6.07) is 19.9. The van der Waals surface area contributed by atoms with E-state index in [0.717, 1.165) is 48.1 Å². The maximum Gasteiger partial charge on any atom is 0.254 e. The minimum absolute atomic E-state index is 0.0419. The highest BCUT2D eigenvalue weighted by Gasteiger charge is 2.23. The highest BCUT2D eigenvalue weighted by atomic mass is 32.2. The zero-order valence-electron chi connectivity index (χ0n) is 16.2. The molecule has 1 aliphatic heterocycles. The lowest BCUT2D eigenvalue weighted by molar-refractivity contribution is 0.0905. The molecule has 29 heavy (non-hydrogen) atoms. The summed E-state index contributed by atoms with van der Waals surface area (Å²) in [4.78, 5) is 25.2. The number of nitrogens with zero attached hydrogens (tertiary/aromatic N) is 3. The SMILES string of the molecule is O=C(NC1CCN(Cc2ccccn2)CC1)c1cccnc1Sc1ccccc1. The molecular weight excluding hydrogens is 380 g/mol. The molecule has 0 spiro atoms. The number of pyridine rings is 2. The van der Waals surface area contributed by atoms with Gasteiger partial charge in [-0.15, -0.1) is 0 Å². The Kier molecular flexibility index (Phi) is 6.54. The first-order valence-corrected chi connectivity index (χ1v) is 10.7. The maximum absolute atomic E-state index is 12.9. The predicted octanol–water partition coefficient (Wildman–Crippen LogP) is 4.02. The van der Waals surface area contributed by atoms with Crippen LogP contribution < -0.4 is 5.32 Å². The molecule has 1 N–H and O–H groups in total. The second-order valence-corrected chi connectivity index (χ2v) is 8.18. The van der Waals surface area contributed by atoms with E-state index in [1.807, 2.05) is 60.8 Å². The van der Waals surface area contributed by atoms with Crippen LogP contribution in [0.5, 0.6) is 0 Å². The molecule has 148 valence electrons. The van der Waals surface area contributed by atoms with Crippen LogP contribution in [0.15, 0.2) is 83.0 Å². The Morgan fingerprint density at radius 3 is 2.48 bits per heavy atom. The van der Waals surface area contributed by atoms with Gasteiger partial charge >= 0.3 is 0 Å². The topological polar surface area (TPSA) is 58.1 Å². The van der Waals surface area contributed by atoms with Gasteiger partial charge in [0.05, 0.1) is 11.3 Å². The maximum atomic E-state index is 12.9. The molecule has 0 aliphatic carbocycles. The van der Waals surface area contributed by atoms with Crippen molar-refractivity contribution in [3.05, 3.63) is 84.3 Å². The van der Waals surface area contributed by atoms with Crippen molar-refractivity contribution in [2.24, 2.45) is 0 Å². The van der Waals surface area contributed by atoms with Crippen molar-refractivity contribution in [3.8, 4) is 0 Å². The molecule has 1 aliphatic rings. The predicted molar refractivity (Wildman–Crippen MR) is 115 cm³/mol. The van der Waals surface area contributed by atoms with E-state index in [9.17, 15) is 4.79 Å². The molecule has 0 bridgehead atoms. The zero-order chi connectivity index (χ0) is 19.9. The average Bonchev–Trinajstić information content (AvgIpc) is 2.77. The number of hydrogen-bond donors (Lipinski definition) is 1. The summed E-state index contributed by atoms with van der Waals surface area (Å²) in [5.74, 6) is -0.0419. The quantitative estimate of drug-likeness (QED) is 0.672. The number of benzene rings is 1. The third-order valence-corrected chi connectivity index (χ3v) is 6.03. The molecule has 1 fully saturated rings. The highest BCUT2D eigenvalue weighted by Crippen LogP contribution is 2.28. The standard InChI is InChI=1S/C23H24N4OS/c28-22(21-10-6-14-25-23(21)29-20-8-2-1-3-9-20)26-18-11-15-27(16-12-18)17-19-7-4-5-13-24-19/h1-10,13-14,18H,11-12,15-17H2,(H,26,28). The lowest BCUT2D eigenvalue weighted by Gasteiger charge is -2.32. The summed E-state index contributed by atoms with van der Waals surface area (Å²) >= 11 is 1.52. The van der Waals surface area contributed by atoms with E-state index >= 15 is 0 Å². The number of nitrogens with one attached hydrogen (secondary N) is 1. The van der Waals surface area contributed by atoms with E-state index in [1.54, 1.807) is 6.20 Å². The molecule has 0 atom stereocenters. The number of hydrogen-bond acceptors (Lipinski definition) is 5. The number of carbonyl (C=O) groups is 1. The molecule has 0 saturated carbocycles. The van der Waals surface area contributed by atoms with Crippen LogP contribution >= 0.6 is 11.8 Å². The van der Waals surface area contributed by atoms with Gasteiger partial charge in [0.2, 0.25) is 0 Å². The summed E-state index contributed by atoms with van der Waals surface area (Å²) < 4.78 is 0. The van der Waals surface area contributed by atoms with Crippen LogP contribution in [0.25, 0.3) is 0 Å². The summed E-state index contributed by atoms with van der Waals surface area (Å²) in [6.07, 6.45) is 5.46. The van der Waals surface area contributed by atoms with Gasteiger partial charge in [0, 0.05) is 43.0 Å². The van der Waals surface area contributed by atoms with Gasteiger partial charge in [-0.05, 0) is 49.2 Å². The van der Waals surface area contributed by atoms with Crippen molar-refractivity contribution in [2.75, 3.05) is 13.1 Å². The summed E-state index contributed by atoms with van der Waals surface area (Å²) in [5.41, 5.74) is 1.73. The van der Waals surface area contributed by atoms with Gasteiger partial charge in [-0.2, -0.15) is 0 Å². The fraction of sp³-hybridized carbons (Fsp3) is 0.261. The fourth-order valence-electron chi connectivity index (χ4n) is 3.46. The summed E-state index contributed by atoms with van der Waals surface area (Å²) in [5, 5.41) is 3.95. The van der Waals surface area contributed by atoms with Crippen LogP contribution in [0.2, 0.25) is 0 Å². The first-order chi connectivity index (χ1) is 14.3. The monoisotopic (exact) mass is 404 g/mol. The van der Waals surface area contributed by atoms with Crippen molar-refractivity contribution in [2.45, 2.75) is 35.3 Å². The number of amides is 1. The van der Waals surface area contributed by atoms with E-state index < -0.39 is 0 Å². The third-order valence-electron chi connectivity index (χ3n) is 5.01. The van der Waals surface area contributed by atoms with Crippen LogP contribution in [0, 0.1) is 0 Å². The Morgan fingerprint density at radius 1 is 0.966 bits per heavy atom. The number of rotatable bonds is 6. The zero-order valence-corrected chi connectivity index (χ0v) is 17.0. The van der Waals surface area contributed by atoms with Gasteiger partial charge in [-0.25, -0.2) is 4.98 Å². The van der Waals surface area contributed by atoms with Crippen molar-refractivity contribution in [1.29, 1.82) is 0 Å². The molecule has 2 aromatic heterocycles. The molecule has 1 amide bonds. The van der Waals surface area contributed by atoms with Crippen LogP contribution in [-0.4, -0.2) is 39.9 Å². The first kappa shape index (κ1) is 19.6. The Labute approximate surface area is 175 Å². The van der Waals surface area contributed by atoms with Crippen molar-refractivity contribution < 1.29 is 4.79 Å². The van der Waals surface area contributed by atoms with E-state index in [0.29, 0.717) is 5.56 Å². The number of piperidine rings is 1. The number of carbonyl (C=O) groups excluding carboxylic acids is 1. The molecular formula is C23H24N4OS. The molecule has 3 heterocycles. The highest BCUT2D eigenvalue weighted by molar-refractivity contribution is 7.99. The number of aromatic nitrogens is 2. The summed E-state index contributed by atoms with van der Waals surface area (Å²) in [7, 11) is 0. The lowest BCUT2D eigenvalue weighted by atomic mass is 10.0.